The fourth-order valence-electron chi connectivity index (χ4n) is 3.54. The molecule has 3 N–H and O–H groups in total. The minimum Gasteiger partial charge on any atom is -0.479 e. The molecule has 10 nitrogen and oxygen atoms in total. The summed E-state index contributed by atoms with van der Waals surface area (Å²) >= 11 is 0. The molecule has 3 fully saturated rings. The second-order valence-corrected chi connectivity index (χ2v) is 6.60. The number of carbonyl (C=O) groups is 3. The van der Waals surface area contributed by atoms with E-state index in [1.54, 1.807) is 0 Å². The smallest absolute Gasteiger partial charge is 0.345 e. The number of fused-ring (bicyclic) bond motifs is 2. The summed E-state index contributed by atoms with van der Waals surface area (Å²) in [6.07, 6.45) is 4.38. The maximum atomic E-state index is 12.3. The van der Waals surface area contributed by atoms with Gasteiger partial charge in [-0.2, -0.15) is 5.06 Å². The first-order valence-electron chi connectivity index (χ1n) is 8.66. The quantitative estimate of drug-likeness (QED) is 0.524. The fraction of sp³-hybridized carbons (Fsp3) is 0.800. The van der Waals surface area contributed by atoms with Crippen molar-refractivity contribution in [2.45, 2.75) is 50.2 Å². The van der Waals surface area contributed by atoms with E-state index in [4.69, 9.17) is 14.8 Å². The van der Waals surface area contributed by atoms with Crippen LogP contribution in [0, 0.1) is 0 Å². The summed E-state index contributed by atoms with van der Waals surface area (Å²) in [6.45, 7) is 1.12. The van der Waals surface area contributed by atoms with Crippen LogP contribution in [0.4, 0.5) is 4.79 Å². The predicted octanol–water partition coefficient (Wildman–Crippen LogP) is -0.539. The lowest BCUT2D eigenvalue weighted by Crippen LogP contribution is -2.50. The number of hydrogen-bond donors (Lipinski definition) is 3. The Bertz CT molecular complexity index is 524. The zero-order chi connectivity index (χ0) is 17.8. The summed E-state index contributed by atoms with van der Waals surface area (Å²) in [7, 11) is 0. The third-order valence-corrected chi connectivity index (χ3v) is 4.82. The van der Waals surface area contributed by atoms with Crippen molar-refractivity contribution in [2.24, 2.45) is 0 Å². The number of urea groups is 1. The SMILES string of the molecule is O=C(O)CON1C(=O)N2CC1CCC2C(=O)NOC[C@@H]1CCCCN1. The van der Waals surface area contributed by atoms with Gasteiger partial charge in [-0.25, -0.2) is 15.1 Å². The second-order valence-electron chi connectivity index (χ2n) is 6.60. The number of carboxylic acid groups (broad SMARTS) is 1. The number of aliphatic carboxylic acids is 1. The van der Waals surface area contributed by atoms with Gasteiger partial charge in [-0.05, 0) is 32.2 Å². The molecule has 10 heteroatoms. The van der Waals surface area contributed by atoms with E-state index < -0.39 is 24.6 Å². The summed E-state index contributed by atoms with van der Waals surface area (Å²) in [5.74, 6) is -1.51. The van der Waals surface area contributed by atoms with Crippen LogP contribution in [0.2, 0.25) is 0 Å². The Labute approximate surface area is 145 Å². The Kier molecular flexibility index (Phi) is 5.71. The van der Waals surface area contributed by atoms with Gasteiger partial charge in [0.2, 0.25) is 0 Å². The third kappa shape index (κ3) is 4.20. The van der Waals surface area contributed by atoms with Gasteiger partial charge in [0.15, 0.2) is 6.61 Å². The van der Waals surface area contributed by atoms with Crippen molar-refractivity contribution < 1.29 is 29.2 Å². The van der Waals surface area contributed by atoms with E-state index >= 15 is 0 Å². The second kappa shape index (κ2) is 7.98. The number of hydrogen-bond acceptors (Lipinski definition) is 6. The minimum absolute atomic E-state index is 0.219. The molecule has 3 atom stereocenters. The highest BCUT2D eigenvalue weighted by atomic mass is 16.7. The molecule has 3 amide bonds. The first-order valence-corrected chi connectivity index (χ1v) is 8.66. The van der Waals surface area contributed by atoms with E-state index in [9.17, 15) is 14.4 Å². The van der Waals surface area contributed by atoms with E-state index in [1.165, 1.54) is 4.90 Å². The maximum absolute atomic E-state index is 12.3. The molecule has 0 saturated carbocycles. The molecular weight excluding hydrogens is 332 g/mol. The normalized spacial score (nSPS) is 29.0. The predicted molar refractivity (Wildman–Crippen MR) is 84.1 cm³/mol. The number of rotatable bonds is 7. The molecule has 0 aliphatic carbocycles. The standard InChI is InChI=1S/C15H24N4O6/c20-13(21)9-25-19-11-4-5-12(18(7-11)15(19)23)14(22)17-24-8-10-3-1-2-6-16-10/h10-12,16H,1-9H2,(H,17,22)(H,20,21)/t10-,11?,12?/m0/s1. The van der Waals surface area contributed by atoms with Gasteiger partial charge in [0, 0.05) is 12.6 Å². The fourth-order valence-corrected chi connectivity index (χ4v) is 3.54. The lowest BCUT2D eigenvalue weighted by atomic mass is 10.0. The number of piperidine rings is 2. The highest BCUT2D eigenvalue weighted by molar-refractivity contribution is 5.88. The van der Waals surface area contributed by atoms with E-state index in [-0.39, 0.29) is 18.0 Å². The van der Waals surface area contributed by atoms with Gasteiger partial charge >= 0.3 is 12.0 Å². The maximum Gasteiger partial charge on any atom is 0.345 e. The van der Waals surface area contributed by atoms with Crippen molar-refractivity contribution in [3.05, 3.63) is 0 Å². The van der Waals surface area contributed by atoms with Crippen LogP contribution in [-0.2, 0) is 19.3 Å². The van der Waals surface area contributed by atoms with Crippen LogP contribution in [0.15, 0.2) is 0 Å². The highest BCUT2D eigenvalue weighted by Crippen LogP contribution is 2.30. The molecule has 2 bridgehead atoms. The Balaban J connectivity index is 1.47. The van der Waals surface area contributed by atoms with Crippen molar-refractivity contribution in [3.63, 3.8) is 0 Å². The van der Waals surface area contributed by atoms with E-state index in [2.05, 4.69) is 10.8 Å². The summed E-state index contributed by atoms with van der Waals surface area (Å²) < 4.78 is 0. The summed E-state index contributed by atoms with van der Waals surface area (Å²) in [5.41, 5.74) is 2.44. The Morgan fingerprint density at radius 3 is 2.84 bits per heavy atom. The Morgan fingerprint density at radius 1 is 1.28 bits per heavy atom. The van der Waals surface area contributed by atoms with Crippen molar-refractivity contribution in [1.82, 2.24) is 20.8 Å². The van der Waals surface area contributed by atoms with Gasteiger partial charge in [0.05, 0.1) is 12.6 Å². The lowest BCUT2D eigenvalue weighted by Gasteiger charge is -2.29. The summed E-state index contributed by atoms with van der Waals surface area (Å²) in [6, 6.07) is -1.08. The first kappa shape index (κ1) is 17.9. The Morgan fingerprint density at radius 2 is 2.12 bits per heavy atom. The molecule has 0 spiro atoms. The number of amides is 3. The molecular formula is C15H24N4O6. The minimum atomic E-state index is -1.15. The van der Waals surface area contributed by atoms with Gasteiger partial charge in [-0.3, -0.25) is 14.5 Å². The molecule has 3 saturated heterocycles. The molecule has 0 aromatic carbocycles. The molecule has 3 rings (SSSR count). The van der Waals surface area contributed by atoms with Crippen LogP contribution >= 0.6 is 0 Å². The third-order valence-electron chi connectivity index (χ3n) is 4.82. The molecule has 3 aliphatic heterocycles. The number of nitrogens with zero attached hydrogens (tertiary/aromatic N) is 2. The van der Waals surface area contributed by atoms with E-state index in [0.717, 1.165) is 30.9 Å². The summed E-state index contributed by atoms with van der Waals surface area (Å²) in [4.78, 5) is 47.1. The molecule has 0 aromatic heterocycles. The van der Waals surface area contributed by atoms with Crippen LogP contribution < -0.4 is 10.8 Å². The van der Waals surface area contributed by atoms with Crippen molar-refractivity contribution in [2.75, 3.05) is 26.3 Å². The number of hydroxylamine groups is 3. The van der Waals surface area contributed by atoms with Crippen LogP contribution in [0.5, 0.6) is 0 Å². The monoisotopic (exact) mass is 356 g/mol. The van der Waals surface area contributed by atoms with E-state index in [1.807, 2.05) is 0 Å². The van der Waals surface area contributed by atoms with Gasteiger partial charge < -0.3 is 15.3 Å². The Hall–Kier alpha value is -1.91. The molecule has 0 aromatic rings. The lowest BCUT2D eigenvalue weighted by molar-refractivity contribution is -0.167. The molecule has 0 radical (unpaired) electrons. The summed E-state index contributed by atoms with van der Waals surface area (Å²) in [5, 5.41) is 13.1. The van der Waals surface area contributed by atoms with Crippen molar-refractivity contribution in [3.8, 4) is 0 Å². The molecule has 25 heavy (non-hydrogen) atoms. The van der Waals surface area contributed by atoms with Crippen molar-refractivity contribution >= 4 is 17.9 Å². The van der Waals surface area contributed by atoms with Crippen LogP contribution in [0.3, 0.4) is 0 Å². The van der Waals surface area contributed by atoms with Crippen LogP contribution in [0.25, 0.3) is 0 Å². The largest absolute Gasteiger partial charge is 0.479 e. The van der Waals surface area contributed by atoms with Gasteiger partial charge in [-0.1, -0.05) is 6.42 Å². The molecule has 3 heterocycles. The van der Waals surface area contributed by atoms with Gasteiger partial charge in [-0.15, -0.1) is 0 Å². The van der Waals surface area contributed by atoms with E-state index in [0.29, 0.717) is 26.0 Å². The molecule has 3 aliphatic rings. The first-order chi connectivity index (χ1) is 12.1. The highest BCUT2D eigenvalue weighted by Gasteiger charge is 2.48. The van der Waals surface area contributed by atoms with Crippen molar-refractivity contribution in [1.29, 1.82) is 0 Å². The van der Waals surface area contributed by atoms with Crippen LogP contribution in [0.1, 0.15) is 32.1 Å². The average Bonchev–Trinajstić information content (AvgIpc) is 2.84. The zero-order valence-corrected chi connectivity index (χ0v) is 14.0. The average molecular weight is 356 g/mol. The van der Waals surface area contributed by atoms with Crippen LogP contribution in [-0.4, -0.2) is 77.4 Å². The number of carboxylic acids is 1. The zero-order valence-electron chi connectivity index (χ0n) is 14.0. The molecule has 2 unspecified atom stereocenters. The van der Waals surface area contributed by atoms with Gasteiger partial charge in [0.25, 0.3) is 5.91 Å². The molecule has 140 valence electrons. The van der Waals surface area contributed by atoms with Gasteiger partial charge in [0.1, 0.15) is 6.04 Å². The topological polar surface area (TPSA) is 120 Å². The number of nitrogens with one attached hydrogen (secondary N) is 2. The number of carbonyl (C=O) groups excluding carboxylic acids is 2.